The van der Waals surface area contributed by atoms with E-state index in [0.29, 0.717) is 37.1 Å². The molecule has 4 aliphatic rings. The Kier molecular flexibility index (Phi) is 12.4. The van der Waals surface area contributed by atoms with E-state index in [2.05, 4.69) is 20.2 Å². The van der Waals surface area contributed by atoms with Crippen molar-refractivity contribution in [1.29, 1.82) is 5.26 Å². The minimum Gasteiger partial charge on any atom is -0.467 e. The number of halogens is 6. The highest BCUT2D eigenvalue weighted by atomic mass is 32.1. The first-order valence-corrected chi connectivity index (χ1v) is 19.0. The number of urea groups is 1. The van der Waals surface area contributed by atoms with Crippen LogP contribution in [0.5, 0.6) is 6.01 Å². The van der Waals surface area contributed by atoms with E-state index in [-0.39, 0.29) is 56.0 Å². The number of likely N-dealkylation sites (tertiary alicyclic amines) is 1. The van der Waals surface area contributed by atoms with Gasteiger partial charge in [-0.05, 0) is 63.3 Å². The topological polar surface area (TPSA) is 133 Å². The third kappa shape index (κ3) is 8.48. The maximum Gasteiger partial charge on any atom is 0.417 e. The molecule has 0 radical (unpaired) electrons. The summed E-state index contributed by atoms with van der Waals surface area (Å²) in [5.74, 6) is -2.15. The number of morpholine rings is 1. The van der Waals surface area contributed by atoms with Gasteiger partial charge in [0.1, 0.15) is 34.4 Å². The van der Waals surface area contributed by atoms with E-state index >= 15 is 4.39 Å². The zero-order valence-corrected chi connectivity index (χ0v) is 31.3. The van der Waals surface area contributed by atoms with Crippen molar-refractivity contribution in [3.8, 4) is 23.2 Å². The lowest BCUT2D eigenvalue weighted by atomic mass is 9.92. The second kappa shape index (κ2) is 17.0. The predicted molar refractivity (Wildman–Crippen MR) is 198 cm³/mol. The molecule has 6 heterocycles. The number of nitrogens with one attached hydrogen (secondary N) is 1. The van der Waals surface area contributed by atoms with Gasteiger partial charge >= 0.3 is 18.2 Å². The normalized spacial score (nSPS) is 19.8. The molecule has 8 rings (SSSR count). The average Bonchev–Trinajstić information content (AvgIpc) is 3.98. The van der Waals surface area contributed by atoms with E-state index in [0.717, 1.165) is 70.2 Å². The maximum absolute atomic E-state index is 15.9. The number of alkyl halides is 4. The first-order chi connectivity index (χ1) is 26.4. The van der Waals surface area contributed by atoms with Gasteiger partial charge in [-0.3, -0.25) is 4.90 Å². The average molecular weight is 793 g/mol. The number of thiophene rings is 1. The molecule has 4 fully saturated rings. The molecule has 3 N–H and O–H groups in total. The second-order valence-electron chi connectivity index (χ2n) is 13.5. The lowest BCUT2D eigenvalue weighted by Gasteiger charge is -2.30. The molecule has 0 aliphatic carbocycles. The molecule has 18 heteroatoms. The smallest absolute Gasteiger partial charge is 0.417 e. The number of carbonyl (C=O) groups is 1. The molecule has 2 amide bonds. The Labute approximate surface area is 318 Å². The lowest BCUT2D eigenvalue weighted by molar-refractivity contribution is -0.137. The third-order valence-electron chi connectivity index (χ3n) is 10.1. The van der Waals surface area contributed by atoms with Gasteiger partial charge < -0.3 is 30.3 Å². The predicted octanol–water partition coefficient (Wildman–Crippen LogP) is 7.43. The van der Waals surface area contributed by atoms with Crippen LogP contribution in [0.1, 0.15) is 50.2 Å². The SMILES string of the molecule is CCNc1nc(OC)nc2c(F)c(-c3ccc(F)c4sc(N)c(C#N)c34)c(C(F)(F)F)cc12.FC1CC2CCCN2C1.O=C(N1CCCC1)N1CCOCC1. The quantitative estimate of drug-likeness (QED) is 0.203. The molecular formula is C37H42F6N8O3S. The van der Waals surface area contributed by atoms with Crippen LogP contribution in [0, 0.1) is 23.0 Å². The molecule has 2 atom stereocenters. The van der Waals surface area contributed by atoms with Gasteiger partial charge in [0, 0.05) is 61.6 Å². The van der Waals surface area contributed by atoms with Crippen LogP contribution in [0.3, 0.4) is 0 Å². The molecule has 4 aliphatic heterocycles. The van der Waals surface area contributed by atoms with E-state index < -0.39 is 40.6 Å². The lowest BCUT2D eigenvalue weighted by Crippen LogP contribution is -2.47. The number of nitrogens with zero attached hydrogens (tertiary/aromatic N) is 6. The Morgan fingerprint density at radius 3 is 2.45 bits per heavy atom. The largest absolute Gasteiger partial charge is 0.467 e. The number of nitrogen functional groups attached to an aromatic ring is 1. The monoisotopic (exact) mass is 792 g/mol. The van der Waals surface area contributed by atoms with Gasteiger partial charge in [0.2, 0.25) is 0 Å². The molecule has 2 aromatic carbocycles. The van der Waals surface area contributed by atoms with Gasteiger partial charge in [0.15, 0.2) is 5.82 Å². The highest BCUT2D eigenvalue weighted by molar-refractivity contribution is 7.23. The molecule has 11 nitrogen and oxygen atoms in total. The fraction of sp³-hybridized carbons (Fsp3) is 0.514. The van der Waals surface area contributed by atoms with Gasteiger partial charge in [-0.15, -0.1) is 11.3 Å². The van der Waals surface area contributed by atoms with Crippen LogP contribution in [0.2, 0.25) is 0 Å². The van der Waals surface area contributed by atoms with E-state index in [1.807, 2.05) is 9.80 Å². The maximum atomic E-state index is 15.9. The number of ether oxygens (including phenoxy) is 2. The van der Waals surface area contributed by atoms with Crippen molar-refractivity contribution in [1.82, 2.24) is 24.7 Å². The molecule has 296 valence electrons. The first kappa shape index (κ1) is 40.1. The Bertz CT molecular complexity index is 2050. The van der Waals surface area contributed by atoms with Gasteiger partial charge in [-0.2, -0.15) is 28.4 Å². The summed E-state index contributed by atoms with van der Waals surface area (Å²) in [6, 6.07) is 4.96. The minimum absolute atomic E-state index is 0.0444. The number of methoxy groups -OCH3 is 1. The van der Waals surface area contributed by atoms with E-state index in [1.54, 1.807) is 13.0 Å². The van der Waals surface area contributed by atoms with Crippen LogP contribution >= 0.6 is 11.3 Å². The number of benzene rings is 2. The van der Waals surface area contributed by atoms with Crippen LogP contribution in [-0.2, 0) is 10.9 Å². The summed E-state index contributed by atoms with van der Waals surface area (Å²) in [7, 11) is 1.23. The summed E-state index contributed by atoms with van der Waals surface area (Å²) in [4.78, 5) is 25.8. The van der Waals surface area contributed by atoms with Crippen molar-refractivity contribution < 1.29 is 40.6 Å². The van der Waals surface area contributed by atoms with Crippen molar-refractivity contribution >= 4 is 49.2 Å². The molecular weight excluding hydrogens is 751 g/mol. The zero-order chi connectivity index (χ0) is 39.4. The van der Waals surface area contributed by atoms with Crippen LogP contribution in [0.25, 0.3) is 32.1 Å². The molecule has 0 spiro atoms. The van der Waals surface area contributed by atoms with Crippen molar-refractivity contribution in [2.75, 3.05) is 77.2 Å². The van der Waals surface area contributed by atoms with E-state index in [9.17, 15) is 32.0 Å². The Morgan fingerprint density at radius 2 is 1.82 bits per heavy atom. The number of amides is 2. The minimum atomic E-state index is -5.00. The van der Waals surface area contributed by atoms with E-state index in [1.165, 1.54) is 20.0 Å². The Hall–Kier alpha value is -4.60. The van der Waals surface area contributed by atoms with Crippen LogP contribution in [-0.4, -0.2) is 109 Å². The number of rotatable bonds is 4. The van der Waals surface area contributed by atoms with Gasteiger partial charge in [-0.1, -0.05) is 6.07 Å². The number of carbonyl (C=O) groups excluding carboxylic acids is 1. The molecule has 0 saturated carbocycles. The van der Waals surface area contributed by atoms with E-state index in [4.69, 9.17) is 15.2 Å². The molecule has 4 aromatic rings. The van der Waals surface area contributed by atoms with Gasteiger partial charge in [-0.25, -0.2) is 18.0 Å². The van der Waals surface area contributed by atoms with Crippen LogP contribution in [0.4, 0.5) is 42.0 Å². The van der Waals surface area contributed by atoms with Crippen LogP contribution in [0.15, 0.2) is 18.2 Å². The molecule has 2 aromatic heterocycles. The van der Waals surface area contributed by atoms with Crippen molar-refractivity contribution in [2.24, 2.45) is 0 Å². The Morgan fingerprint density at radius 1 is 1.11 bits per heavy atom. The highest BCUT2D eigenvalue weighted by Crippen LogP contribution is 2.47. The fourth-order valence-corrected chi connectivity index (χ4v) is 8.43. The Balaban J connectivity index is 0.000000187. The third-order valence-corrected chi connectivity index (χ3v) is 11.1. The summed E-state index contributed by atoms with van der Waals surface area (Å²) < 4.78 is 95.4. The van der Waals surface area contributed by atoms with Crippen molar-refractivity contribution in [3.63, 3.8) is 0 Å². The number of hydrogen-bond acceptors (Lipinski definition) is 10. The molecule has 4 saturated heterocycles. The summed E-state index contributed by atoms with van der Waals surface area (Å²) in [6.07, 6.45) is 0.141. The number of nitriles is 1. The van der Waals surface area contributed by atoms with Crippen molar-refractivity contribution in [2.45, 2.75) is 57.4 Å². The summed E-state index contributed by atoms with van der Waals surface area (Å²) in [6.45, 7) is 8.62. The number of aromatic nitrogens is 2. The highest BCUT2D eigenvalue weighted by Gasteiger charge is 2.38. The zero-order valence-electron chi connectivity index (χ0n) is 30.4. The van der Waals surface area contributed by atoms with Crippen molar-refractivity contribution in [3.05, 3.63) is 41.0 Å². The number of fused-ring (bicyclic) bond motifs is 3. The standard InChI is InChI=1S/C21H14F5N5OS.C9H16N2O2.C7H12FN/c1-3-29-19-9-6-11(21(24,25)26)14(15(23)16(9)30-20(31-19)32-2)8-4-5-12(22)17-13(8)10(7-27)18(28)33-17;12-9(10-3-1-2-4-10)11-5-7-13-8-6-11;8-6-4-7-2-1-3-9(7)5-6/h4-6H,3,28H2,1-2H3,(H,29,30,31);1-8H2;6-7H,1-5H2. The molecule has 2 unspecified atom stereocenters. The molecule has 55 heavy (non-hydrogen) atoms. The number of nitrogens with two attached hydrogens (primary N) is 1. The van der Waals surface area contributed by atoms with Gasteiger partial charge in [0.25, 0.3) is 0 Å². The molecule has 0 bridgehead atoms. The van der Waals surface area contributed by atoms with Gasteiger partial charge in [0.05, 0.1) is 36.2 Å². The van der Waals surface area contributed by atoms with Crippen LogP contribution < -0.4 is 15.8 Å². The number of hydrogen-bond donors (Lipinski definition) is 2. The number of anilines is 2. The summed E-state index contributed by atoms with van der Waals surface area (Å²) in [5, 5.41) is 11.8. The summed E-state index contributed by atoms with van der Waals surface area (Å²) >= 11 is 0.698. The second-order valence-corrected chi connectivity index (χ2v) is 14.6. The summed E-state index contributed by atoms with van der Waals surface area (Å²) in [5.41, 5.74) is 2.59. The fourth-order valence-electron chi connectivity index (χ4n) is 7.48. The first-order valence-electron chi connectivity index (χ1n) is 18.2.